The fourth-order valence-electron chi connectivity index (χ4n) is 2.62. The maximum Gasteiger partial charge on any atom is 0.201 e. The summed E-state index contributed by atoms with van der Waals surface area (Å²) in [5, 5.41) is 9.06. The third-order valence-electron chi connectivity index (χ3n) is 3.58. The summed E-state index contributed by atoms with van der Waals surface area (Å²) in [4.78, 5) is 7.03. The zero-order chi connectivity index (χ0) is 15.0. The first-order chi connectivity index (χ1) is 10.1. The second kappa shape index (κ2) is 5.23. The maximum atomic E-state index is 9.06. The Balaban J connectivity index is 2.02. The molecule has 3 aromatic rings. The van der Waals surface area contributed by atoms with Crippen LogP contribution in [0.15, 0.2) is 30.3 Å². The van der Waals surface area contributed by atoms with Crippen molar-refractivity contribution in [1.82, 2.24) is 9.55 Å². The quantitative estimate of drug-likeness (QED) is 0.802. The monoisotopic (exact) mass is 296 g/mol. The van der Waals surface area contributed by atoms with Crippen molar-refractivity contribution in [2.75, 3.05) is 5.73 Å². The molecule has 2 N–H and O–H groups in total. The van der Waals surface area contributed by atoms with Gasteiger partial charge in [-0.05, 0) is 44.2 Å². The molecule has 0 spiro atoms. The number of aryl methyl sites for hydroxylation is 1. The normalized spacial score (nSPS) is 12.4. The van der Waals surface area contributed by atoms with Crippen LogP contribution in [0, 0.1) is 18.3 Å². The fourth-order valence-corrected chi connectivity index (χ4v) is 3.63. The molecule has 106 valence electrons. The molecule has 0 bridgehead atoms. The molecule has 2 aromatic heterocycles. The molecule has 1 aromatic carbocycles. The molecule has 0 aliphatic carbocycles. The summed E-state index contributed by atoms with van der Waals surface area (Å²) in [5.74, 6) is 0.501. The molecule has 1 atom stereocenters. The molecule has 0 saturated heterocycles. The Labute approximate surface area is 127 Å². The number of nitrogen functional groups attached to an aromatic ring is 1. The van der Waals surface area contributed by atoms with Crippen LogP contribution in [0.2, 0.25) is 0 Å². The molecule has 4 nitrogen and oxygen atoms in total. The van der Waals surface area contributed by atoms with Gasteiger partial charge in [0.1, 0.15) is 0 Å². The lowest BCUT2D eigenvalue weighted by atomic mass is 10.1. The van der Waals surface area contributed by atoms with E-state index in [0.717, 1.165) is 17.5 Å². The van der Waals surface area contributed by atoms with Crippen molar-refractivity contribution < 1.29 is 0 Å². The van der Waals surface area contributed by atoms with Crippen LogP contribution in [0.3, 0.4) is 0 Å². The van der Waals surface area contributed by atoms with Gasteiger partial charge in [0.2, 0.25) is 5.95 Å². The lowest BCUT2D eigenvalue weighted by Gasteiger charge is -2.15. The highest BCUT2D eigenvalue weighted by Gasteiger charge is 2.15. The first kappa shape index (κ1) is 13.7. The van der Waals surface area contributed by atoms with E-state index in [2.05, 4.69) is 37.0 Å². The molecule has 0 aliphatic heterocycles. The molecule has 1 unspecified atom stereocenters. The number of hydrogen-bond donors (Lipinski definition) is 1. The van der Waals surface area contributed by atoms with E-state index in [0.29, 0.717) is 11.5 Å². The molecule has 0 radical (unpaired) electrons. The average Bonchev–Trinajstić information content (AvgIpc) is 3.00. The second-order valence-corrected chi connectivity index (χ2v) is 6.59. The minimum Gasteiger partial charge on any atom is -0.369 e. The topological polar surface area (TPSA) is 67.6 Å². The van der Waals surface area contributed by atoms with Gasteiger partial charge in [0, 0.05) is 22.2 Å². The molecular weight excluding hydrogens is 280 g/mol. The van der Waals surface area contributed by atoms with E-state index in [1.165, 1.54) is 9.75 Å². The number of nitriles is 1. The third-order valence-corrected chi connectivity index (χ3v) is 4.60. The molecule has 3 rings (SSSR count). The van der Waals surface area contributed by atoms with Crippen molar-refractivity contribution in [3.63, 3.8) is 0 Å². The van der Waals surface area contributed by atoms with E-state index < -0.39 is 0 Å². The largest absolute Gasteiger partial charge is 0.369 e. The Bertz CT molecular complexity index is 838. The number of imidazole rings is 1. The van der Waals surface area contributed by atoms with E-state index in [4.69, 9.17) is 11.0 Å². The number of aromatic nitrogens is 2. The molecule has 0 fully saturated rings. The molecule has 0 saturated carbocycles. The molecule has 0 amide bonds. The van der Waals surface area contributed by atoms with Gasteiger partial charge in [-0.3, -0.25) is 0 Å². The van der Waals surface area contributed by atoms with Crippen LogP contribution in [0.25, 0.3) is 11.0 Å². The number of anilines is 1. The maximum absolute atomic E-state index is 9.06. The van der Waals surface area contributed by atoms with Crippen LogP contribution in [0.5, 0.6) is 0 Å². The van der Waals surface area contributed by atoms with E-state index in [-0.39, 0.29) is 6.04 Å². The van der Waals surface area contributed by atoms with Crippen molar-refractivity contribution in [2.24, 2.45) is 0 Å². The van der Waals surface area contributed by atoms with Crippen LogP contribution in [0.4, 0.5) is 5.95 Å². The zero-order valence-electron chi connectivity index (χ0n) is 12.0. The summed E-state index contributed by atoms with van der Waals surface area (Å²) in [7, 11) is 0. The van der Waals surface area contributed by atoms with Gasteiger partial charge in [-0.2, -0.15) is 5.26 Å². The van der Waals surface area contributed by atoms with Crippen molar-refractivity contribution in [3.8, 4) is 6.07 Å². The highest BCUT2D eigenvalue weighted by molar-refractivity contribution is 7.11. The number of benzene rings is 1. The summed E-state index contributed by atoms with van der Waals surface area (Å²) in [6, 6.07) is 12.1. The van der Waals surface area contributed by atoms with Gasteiger partial charge in [0.05, 0.1) is 22.7 Å². The first-order valence-corrected chi connectivity index (χ1v) is 7.63. The minimum atomic E-state index is 0.196. The lowest BCUT2D eigenvalue weighted by molar-refractivity contribution is 0.571. The van der Waals surface area contributed by atoms with Crippen LogP contribution in [-0.2, 0) is 6.42 Å². The number of rotatable bonds is 3. The molecule has 0 aliphatic rings. The average molecular weight is 296 g/mol. The van der Waals surface area contributed by atoms with E-state index >= 15 is 0 Å². The molecule has 2 heterocycles. The highest BCUT2D eigenvalue weighted by Crippen LogP contribution is 2.27. The second-order valence-electron chi connectivity index (χ2n) is 5.22. The predicted molar refractivity (Wildman–Crippen MR) is 86.3 cm³/mol. The van der Waals surface area contributed by atoms with Gasteiger partial charge >= 0.3 is 0 Å². The Kier molecular flexibility index (Phi) is 3.40. The Hall–Kier alpha value is -2.32. The Morgan fingerprint density at radius 3 is 2.86 bits per heavy atom. The first-order valence-electron chi connectivity index (χ1n) is 6.81. The van der Waals surface area contributed by atoms with Crippen LogP contribution in [0.1, 0.15) is 28.3 Å². The van der Waals surface area contributed by atoms with Gasteiger partial charge in [0.25, 0.3) is 0 Å². The number of fused-ring (bicyclic) bond motifs is 1. The molecule has 5 heteroatoms. The smallest absolute Gasteiger partial charge is 0.201 e. The summed E-state index contributed by atoms with van der Waals surface area (Å²) in [6.07, 6.45) is 0.908. The van der Waals surface area contributed by atoms with E-state index in [1.54, 1.807) is 17.4 Å². The lowest BCUT2D eigenvalue weighted by Crippen LogP contribution is -2.10. The summed E-state index contributed by atoms with van der Waals surface area (Å²) < 4.78 is 2.02. The summed E-state index contributed by atoms with van der Waals surface area (Å²) in [6.45, 7) is 4.24. The SMILES string of the molecule is Cc1ccc(CC(C)n2c(N)nc3ccc(C#N)cc32)s1. The van der Waals surface area contributed by atoms with E-state index in [9.17, 15) is 0 Å². The highest BCUT2D eigenvalue weighted by atomic mass is 32.1. The standard InChI is InChI=1S/C16H16N4S/c1-10(7-13-5-3-11(2)21-13)20-15-8-12(9-17)4-6-14(15)19-16(20)18/h3-6,8,10H,7H2,1-2H3,(H2,18,19). The molecule has 21 heavy (non-hydrogen) atoms. The number of nitrogens with zero attached hydrogens (tertiary/aromatic N) is 3. The van der Waals surface area contributed by atoms with Crippen LogP contribution < -0.4 is 5.73 Å². The van der Waals surface area contributed by atoms with Gasteiger partial charge < -0.3 is 10.3 Å². The van der Waals surface area contributed by atoms with Gasteiger partial charge in [-0.1, -0.05) is 0 Å². The van der Waals surface area contributed by atoms with Gasteiger partial charge in [-0.15, -0.1) is 11.3 Å². The Morgan fingerprint density at radius 1 is 1.38 bits per heavy atom. The summed E-state index contributed by atoms with van der Waals surface area (Å²) in [5.41, 5.74) is 8.46. The van der Waals surface area contributed by atoms with Gasteiger partial charge in [-0.25, -0.2) is 4.98 Å². The van der Waals surface area contributed by atoms with Gasteiger partial charge in [0.15, 0.2) is 0 Å². The van der Waals surface area contributed by atoms with Crippen molar-refractivity contribution in [1.29, 1.82) is 5.26 Å². The Morgan fingerprint density at radius 2 is 2.19 bits per heavy atom. The van der Waals surface area contributed by atoms with Crippen molar-refractivity contribution >= 4 is 28.3 Å². The van der Waals surface area contributed by atoms with Crippen molar-refractivity contribution in [3.05, 3.63) is 45.6 Å². The minimum absolute atomic E-state index is 0.196. The van der Waals surface area contributed by atoms with E-state index in [1.807, 2.05) is 16.7 Å². The number of nitrogens with two attached hydrogens (primary N) is 1. The predicted octanol–water partition coefficient (Wildman–Crippen LogP) is 3.66. The third kappa shape index (κ3) is 2.50. The molecular formula is C16H16N4S. The zero-order valence-corrected chi connectivity index (χ0v) is 12.8. The van der Waals surface area contributed by atoms with Crippen molar-refractivity contribution in [2.45, 2.75) is 26.3 Å². The number of hydrogen-bond acceptors (Lipinski definition) is 4. The number of thiophene rings is 1. The fraction of sp³-hybridized carbons (Fsp3) is 0.250. The summed E-state index contributed by atoms with van der Waals surface area (Å²) >= 11 is 1.81. The van der Waals surface area contributed by atoms with Crippen LogP contribution in [-0.4, -0.2) is 9.55 Å². The van der Waals surface area contributed by atoms with Crippen LogP contribution >= 0.6 is 11.3 Å².